The highest BCUT2D eigenvalue weighted by molar-refractivity contribution is 5.97. The maximum Gasteiger partial charge on any atom is 0.326 e. The van der Waals surface area contributed by atoms with E-state index in [2.05, 4.69) is 0 Å². The number of amides is 1. The van der Waals surface area contributed by atoms with E-state index in [0.29, 0.717) is 17.9 Å². The molecule has 1 amide bonds. The Labute approximate surface area is 124 Å². The summed E-state index contributed by atoms with van der Waals surface area (Å²) in [6.07, 6.45) is 4.83. The zero-order valence-corrected chi connectivity index (χ0v) is 12.3. The Balaban J connectivity index is 1.92. The van der Waals surface area contributed by atoms with Gasteiger partial charge in [0.2, 0.25) is 0 Å². The van der Waals surface area contributed by atoms with Crippen molar-refractivity contribution in [1.29, 1.82) is 0 Å². The van der Waals surface area contributed by atoms with Gasteiger partial charge in [0.25, 0.3) is 5.91 Å². The van der Waals surface area contributed by atoms with Crippen LogP contribution in [0.15, 0.2) is 24.3 Å². The largest absolute Gasteiger partial charge is 0.480 e. The lowest BCUT2D eigenvalue weighted by molar-refractivity contribution is -0.141. The average Bonchev–Trinajstić information content (AvgIpc) is 2.86. The predicted molar refractivity (Wildman–Crippen MR) is 79.1 cm³/mol. The van der Waals surface area contributed by atoms with E-state index < -0.39 is 12.0 Å². The Morgan fingerprint density at radius 1 is 1.24 bits per heavy atom. The number of carbonyl (C=O) groups is 2. The van der Waals surface area contributed by atoms with Gasteiger partial charge in [-0.05, 0) is 44.2 Å². The standard InChI is InChI=1S/C17H21NO3/c1-11-5-4-7-13(9-11)16(19)18-14-8-3-2-6-12(14)10-15(18)17(20)21/h4-5,7,9,12,14-15H,2-3,6,8,10H2,1H3,(H,20,21)/t12-,14+,15-/m1/s1. The van der Waals surface area contributed by atoms with Crippen LogP contribution in [0.4, 0.5) is 0 Å². The van der Waals surface area contributed by atoms with Crippen molar-refractivity contribution in [2.75, 3.05) is 0 Å². The SMILES string of the molecule is Cc1cccc(C(=O)N2[C@@H](C(=O)O)C[C@H]3CCCC[C@@H]32)c1. The van der Waals surface area contributed by atoms with Crippen LogP contribution in [-0.4, -0.2) is 34.0 Å². The van der Waals surface area contributed by atoms with Gasteiger partial charge >= 0.3 is 5.97 Å². The number of fused-ring (bicyclic) bond motifs is 1. The van der Waals surface area contributed by atoms with E-state index in [1.54, 1.807) is 11.0 Å². The van der Waals surface area contributed by atoms with Gasteiger partial charge in [0.1, 0.15) is 6.04 Å². The van der Waals surface area contributed by atoms with Crippen LogP contribution < -0.4 is 0 Å². The molecule has 1 saturated heterocycles. The van der Waals surface area contributed by atoms with Crippen molar-refractivity contribution in [2.45, 2.75) is 51.1 Å². The highest BCUT2D eigenvalue weighted by Crippen LogP contribution is 2.40. The van der Waals surface area contributed by atoms with Crippen molar-refractivity contribution in [3.8, 4) is 0 Å². The molecule has 1 heterocycles. The lowest BCUT2D eigenvalue weighted by Gasteiger charge is -2.33. The van der Waals surface area contributed by atoms with Gasteiger partial charge in [-0.15, -0.1) is 0 Å². The van der Waals surface area contributed by atoms with E-state index in [1.807, 2.05) is 25.1 Å². The molecule has 0 bridgehead atoms. The third kappa shape index (κ3) is 2.55. The molecular weight excluding hydrogens is 266 g/mol. The van der Waals surface area contributed by atoms with Crippen LogP contribution >= 0.6 is 0 Å². The zero-order chi connectivity index (χ0) is 15.0. The van der Waals surface area contributed by atoms with Crippen LogP contribution in [0.2, 0.25) is 0 Å². The number of hydrogen-bond acceptors (Lipinski definition) is 2. The molecule has 1 aromatic carbocycles. The second kappa shape index (κ2) is 5.51. The van der Waals surface area contributed by atoms with E-state index >= 15 is 0 Å². The summed E-state index contributed by atoms with van der Waals surface area (Å²) in [5.41, 5.74) is 1.62. The van der Waals surface area contributed by atoms with Crippen molar-refractivity contribution >= 4 is 11.9 Å². The van der Waals surface area contributed by atoms with E-state index in [1.165, 1.54) is 0 Å². The number of hydrogen-bond donors (Lipinski definition) is 1. The highest BCUT2D eigenvalue weighted by Gasteiger charge is 2.47. The third-order valence-corrected chi connectivity index (χ3v) is 4.87. The average molecular weight is 287 g/mol. The quantitative estimate of drug-likeness (QED) is 0.910. The number of rotatable bonds is 2. The lowest BCUT2D eigenvalue weighted by atomic mass is 9.84. The third-order valence-electron chi connectivity index (χ3n) is 4.87. The van der Waals surface area contributed by atoms with Gasteiger partial charge in [-0.3, -0.25) is 4.79 Å². The van der Waals surface area contributed by atoms with Crippen molar-refractivity contribution in [2.24, 2.45) is 5.92 Å². The van der Waals surface area contributed by atoms with Gasteiger partial charge in [-0.1, -0.05) is 30.5 Å². The van der Waals surface area contributed by atoms with Gasteiger partial charge in [0.15, 0.2) is 0 Å². The van der Waals surface area contributed by atoms with Gasteiger partial charge in [0.05, 0.1) is 0 Å². The molecule has 0 aromatic heterocycles. The molecule has 1 N–H and O–H groups in total. The number of aliphatic carboxylic acids is 1. The number of carboxylic acid groups (broad SMARTS) is 1. The normalized spacial score (nSPS) is 28.2. The predicted octanol–water partition coefficient (Wildman–Crippen LogP) is 2.85. The maximum atomic E-state index is 12.8. The molecule has 3 atom stereocenters. The highest BCUT2D eigenvalue weighted by atomic mass is 16.4. The summed E-state index contributed by atoms with van der Waals surface area (Å²) in [4.78, 5) is 26.0. The number of nitrogens with zero attached hydrogens (tertiary/aromatic N) is 1. The molecule has 0 unspecified atom stereocenters. The molecule has 21 heavy (non-hydrogen) atoms. The summed E-state index contributed by atoms with van der Waals surface area (Å²) in [5.74, 6) is -0.639. The molecule has 112 valence electrons. The number of carboxylic acids is 1. The Morgan fingerprint density at radius 3 is 2.71 bits per heavy atom. The van der Waals surface area contributed by atoms with Crippen molar-refractivity contribution in [3.63, 3.8) is 0 Å². The Hall–Kier alpha value is -1.84. The summed E-state index contributed by atoms with van der Waals surface area (Å²) in [5, 5.41) is 9.49. The zero-order valence-electron chi connectivity index (χ0n) is 12.3. The molecule has 1 aliphatic heterocycles. The molecular formula is C17H21NO3. The molecule has 0 spiro atoms. The first kappa shape index (κ1) is 14.1. The Bertz CT molecular complexity index is 569. The molecule has 1 saturated carbocycles. The van der Waals surface area contributed by atoms with Gasteiger partial charge in [-0.25, -0.2) is 4.79 Å². The summed E-state index contributed by atoms with van der Waals surface area (Å²) in [7, 11) is 0. The minimum Gasteiger partial charge on any atom is -0.480 e. The second-order valence-electron chi connectivity index (χ2n) is 6.28. The van der Waals surface area contributed by atoms with Crippen molar-refractivity contribution < 1.29 is 14.7 Å². The summed E-state index contributed by atoms with van der Waals surface area (Å²) >= 11 is 0. The Kier molecular flexibility index (Phi) is 3.70. The van der Waals surface area contributed by atoms with Crippen molar-refractivity contribution in [1.82, 2.24) is 4.90 Å². The smallest absolute Gasteiger partial charge is 0.326 e. The fourth-order valence-corrected chi connectivity index (χ4v) is 3.90. The van der Waals surface area contributed by atoms with Gasteiger partial charge < -0.3 is 10.0 Å². The van der Waals surface area contributed by atoms with E-state index in [4.69, 9.17) is 0 Å². The van der Waals surface area contributed by atoms with E-state index in [0.717, 1.165) is 31.2 Å². The molecule has 1 aliphatic carbocycles. The molecule has 2 aliphatic rings. The number of likely N-dealkylation sites (tertiary alicyclic amines) is 1. The van der Waals surface area contributed by atoms with Crippen molar-refractivity contribution in [3.05, 3.63) is 35.4 Å². The van der Waals surface area contributed by atoms with Gasteiger partial charge in [-0.2, -0.15) is 0 Å². The molecule has 3 rings (SSSR count). The monoisotopic (exact) mass is 287 g/mol. The first-order valence-corrected chi connectivity index (χ1v) is 7.70. The minimum absolute atomic E-state index is 0.105. The molecule has 1 aromatic rings. The first-order chi connectivity index (χ1) is 10.1. The fraction of sp³-hybridized carbons (Fsp3) is 0.529. The van der Waals surface area contributed by atoms with E-state index in [-0.39, 0.29) is 11.9 Å². The number of carbonyl (C=O) groups excluding carboxylic acids is 1. The number of benzene rings is 1. The summed E-state index contributed by atoms with van der Waals surface area (Å²) in [6.45, 7) is 1.94. The van der Waals surface area contributed by atoms with Crippen LogP contribution in [0, 0.1) is 12.8 Å². The second-order valence-corrected chi connectivity index (χ2v) is 6.28. The van der Waals surface area contributed by atoms with Crippen LogP contribution in [0.5, 0.6) is 0 Å². The number of aryl methyl sites for hydroxylation is 1. The molecule has 0 radical (unpaired) electrons. The molecule has 4 nitrogen and oxygen atoms in total. The minimum atomic E-state index is -0.870. The van der Waals surface area contributed by atoms with Crippen LogP contribution in [0.3, 0.4) is 0 Å². The maximum absolute atomic E-state index is 12.8. The summed E-state index contributed by atoms with van der Waals surface area (Å²) < 4.78 is 0. The van der Waals surface area contributed by atoms with Crippen LogP contribution in [0.1, 0.15) is 48.0 Å². The summed E-state index contributed by atoms with van der Waals surface area (Å²) in [6, 6.07) is 6.87. The van der Waals surface area contributed by atoms with Crippen LogP contribution in [-0.2, 0) is 4.79 Å². The lowest BCUT2D eigenvalue weighted by Crippen LogP contribution is -2.46. The topological polar surface area (TPSA) is 57.6 Å². The van der Waals surface area contributed by atoms with Gasteiger partial charge in [0, 0.05) is 11.6 Å². The van der Waals surface area contributed by atoms with Crippen LogP contribution in [0.25, 0.3) is 0 Å². The first-order valence-electron chi connectivity index (χ1n) is 7.70. The van der Waals surface area contributed by atoms with E-state index in [9.17, 15) is 14.7 Å². The molecule has 2 fully saturated rings. The Morgan fingerprint density at radius 2 is 2.00 bits per heavy atom. The molecule has 4 heteroatoms. The fourth-order valence-electron chi connectivity index (χ4n) is 3.90.